The first kappa shape index (κ1) is 17.4. The van der Waals surface area contributed by atoms with Gasteiger partial charge in [-0.25, -0.2) is 4.79 Å². The fourth-order valence-corrected chi connectivity index (χ4v) is 3.40. The molecule has 4 rings (SSSR count). The predicted octanol–water partition coefficient (Wildman–Crippen LogP) is 1.84. The number of fused-ring (bicyclic) bond motifs is 1. The highest BCUT2D eigenvalue weighted by molar-refractivity contribution is 6.01. The van der Waals surface area contributed by atoms with Crippen molar-refractivity contribution in [1.29, 1.82) is 0 Å². The summed E-state index contributed by atoms with van der Waals surface area (Å²) < 4.78 is 10.7. The largest absolute Gasteiger partial charge is 0.491 e. The van der Waals surface area contributed by atoms with Crippen molar-refractivity contribution >= 4 is 17.7 Å². The minimum absolute atomic E-state index is 0.0121. The van der Waals surface area contributed by atoms with Crippen molar-refractivity contribution in [2.75, 3.05) is 18.1 Å². The average Bonchev–Trinajstić information content (AvgIpc) is 2.97. The Morgan fingerprint density at radius 3 is 2.74 bits per heavy atom. The molecule has 0 aliphatic carbocycles. The van der Waals surface area contributed by atoms with Gasteiger partial charge in [-0.2, -0.15) is 0 Å². The van der Waals surface area contributed by atoms with Gasteiger partial charge in [0.2, 0.25) is 0 Å². The molecule has 0 spiro atoms. The van der Waals surface area contributed by atoms with E-state index in [-0.39, 0.29) is 19.0 Å². The monoisotopic (exact) mass is 368 g/mol. The SMILES string of the molecule is O=C(NC1COc2ccccc2C1)O[C@@]1(O)CCN(c2ccccc2)C1=O. The summed E-state index contributed by atoms with van der Waals surface area (Å²) in [7, 11) is 0. The third-order valence-corrected chi connectivity index (χ3v) is 4.78. The number of rotatable bonds is 3. The number of nitrogens with one attached hydrogen (secondary N) is 1. The second-order valence-corrected chi connectivity index (χ2v) is 6.68. The van der Waals surface area contributed by atoms with Crippen LogP contribution in [0, 0.1) is 0 Å². The molecule has 1 unspecified atom stereocenters. The van der Waals surface area contributed by atoms with Crippen LogP contribution in [0.1, 0.15) is 12.0 Å². The predicted molar refractivity (Wildman–Crippen MR) is 97.4 cm³/mol. The van der Waals surface area contributed by atoms with Crippen molar-refractivity contribution in [2.24, 2.45) is 0 Å². The number of alkyl carbamates (subject to hydrolysis) is 1. The highest BCUT2D eigenvalue weighted by Crippen LogP contribution is 2.29. The van der Waals surface area contributed by atoms with Crippen molar-refractivity contribution in [3.05, 3.63) is 60.2 Å². The Balaban J connectivity index is 1.38. The van der Waals surface area contributed by atoms with Crippen LogP contribution in [0.25, 0.3) is 0 Å². The second-order valence-electron chi connectivity index (χ2n) is 6.68. The third-order valence-electron chi connectivity index (χ3n) is 4.78. The number of carbonyl (C=O) groups is 2. The molecule has 1 fully saturated rings. The molecule has 27 heavy (non-hydrogen) atoms. The Bertz CT molecular complexity index is 856. The highest BCUT2D eigenvalue weighted by Gasteiger charge is 2.49. The fourth-order valence-electron chi connectivity index (χ4n) is 3.40. The second kappa shape index (κ2) is 6.92. The Labute approximate surface area is 156 Å². The molecule has 7 heteroatoms. The number of amides is 2. The summed E-state index contributed by atoms with van der Waals surface area (Å²) in [5.74, 6) is -2.01. The molecule has 0 saturated carbocycles. The molecular formula is C20H20N2O5. The van der Waals surface area contributed by atoms with E-state index in [0.717, 1.165) is 11.3 Å². The molecule has 0 radical (unpaired) electrons. The topological polar surface area (TPSA) is 88.1 Å². The van der Waals surface area contributed by atoms with E-state index in [1.165, 1.54) is 4.90 Å². The van der Waals surface area contributed by atoms with Crippen LogP contribution in [-0.2, 0) is 16.0 Å². The zero-order valence-corrected chi connectivity index (χ0v) is 14.6. The maximum atomic E-state index is 12.6. The van der Waals surface area contributed by atoms with Gasteiger partial charge in [0.1, 0.15) is 12.4 Å². The summed E-state index contributed by atoms with van der Waals surface area (Å²) in [6.07, 6.45) is -0.236. The molecule has 1 saturated heterocycles. The number of hydrogen-bond donors (Lipinski definition) is 2. The summed E-state index contributed by atoms with van der Waals surface area (Å²) in [4.78, 5) is 26.2. The first-order chi connectivity index (χ1) is 13.0. The standard InChI is InChI=1S/C20H20N2O5/c23-18-20(25,10-11-22(18)16-7-2-1-3-8-16)27-19(24)21-15-12-14-6-4-5-9-17(14)26-13-15/h1-9,15,25H,10-13H2,(H,21,24)/t15?,20-/m0/s1. The van der Waals surface area contributed by atoms with E-state index >= 15 is 0 Å². The summed E-state index contributed by atoms with van der Waals surface area (Å²) >= 11 is 0. The van der Waals surface area contributed by atoms with E-state index in [4.69, 9.17) is 9.47 Å². The van der Waals surface area contributed by atoms with Crippen LogP contribution in [-0.4, -0.2) is 42.1 Å². The number of para-hydroxylation sites is 2. The van der Waals surface area contributed by atoms with Gasteiger partial charge in [-0.1, -0.05) is 36.4 Å². The third kappa shape index (κ3) is 3.46. The molecule has 2 N–H and O–H groups in total. The summed E-state index contributed by atoms with van der Waals surface area (Å²) in [5, 5.41) is 13.2. The van der Waals surface area contributed by atoms with Crippen LogP contribution in [0.15, 0.2) is 54.6 Å². The maximum Gasteiger partial charge on any atom is 0.410 e. The smallest absolute Gasteiger partial charge is 0.410 e. The molecule has 2 aromatic rings. The number of ether oxygens (including phenoxy) is 2. The number of hydrogen-bond acceptors (Lipinski definition) is 5. The van der Waals surface area contributed by atoms with Gasteiger partial charge in [-0.3, -0.25) is 4.79 Å². The van der Waals surface area contributed by atoms with Gasteiger partial charge in [0.05, 0.1) is 6.04 Å². The summed E-state index contributed by atoms with van der Waals surface area (Å²) in [6.45, 7) is 0.571. The van der Waals surface area contributed by atoms with Gasteiger partial charge in [-0.05, 0) is 30.2 Å². The first-order valence-corrected chi connectivity index (χ1v) is 8.85. The Hall–Kier alpha value is -3.06. The van der Waals surface area contributed by atoms with Crippen molar-refractivity contribution < 1.29 is 24.2 Å². The molecule has 2 heterocycles. The molecule has 140 valence electrons. The highest BCUT2D eigenvalue weighted by atomic mass is 16.7. The molecule has 2 aliphatic rings. The Kier molecular flexibility index (Phi) is 4.45. The minimum atomic E-state index is -2.16. The van der Waals surface area contributed by atoms with E-state index < -0.39 is 17.8 Å². The molecule has 0 bridgehead atoms. The zero-order valence-electron chi connectivity index (χ0n) is 14.6. The van der Waals surface area contributed by atoms with E-state index in [1.807, 2.05) is 30.3 Å². The lowest BCUT2D eigenvalue weighted by Crippen LogP contribution is -2.49. The number of nitrogens with zero attached hydrogens (tertiary/aromatic N) is 1. The number of aliphatic hydroxyl groups is 1. The minimum Gasteiger partial charge on any atom is -0.491 e. The van der Waals surface area contributed by atoms with E-state index in [2.05, 4.69) is 5.32 Å². The quantitative estimate of drug-likeness (QED) is 0.807. The van der Waals surface area contributed by atoms with Crippen LogP contribution in [0.4, 0.5) is 10.5 Å². The van der Waals surface area contributed by atoms with Gasteiger partial charge in [0, 0.05) is 18.7 Å². The van der Waals surface area contributed by atoms with Crippen molar-refractivity contribution in [3.8, 4) is 5.75 Å². The molecule has 2 amide bonds. The summed E-state index contributed by atoms with van der Waals surface area (Å²) in [6, 6.07) is 16.3. The van der Waals surface area contributed by atoms with Crippen molar-refractivity contribution in [3.63, 3.8) is 0 Å². The van der Waals surface area contributed by atoms with Gasteiger partial charge in [0.25, 0.3) is 11.7 Å². The molecule has 2 aliphatic heterocycles. The summed E-state index contributed by atoms with van der Waals surface area (Å²) in [5.41, 5.74) is 1.64. The van der Waals surface area contributed by atoms with Gasteiger partial charge >= 0.3 is 6.09 Å². The van der Waals surface area contributed by atoms with Crippen LogP contribution in [0.2, 0.25) is 0 Å². The van der Waals surface area contributed by atoms with Gasteiger partial charge < -0.3 is 24.8 Å². The number of carbonyl (C=O) groups excluding carboxylic acids is 2. The Morgan fingerprint density at radius 2 is 1.93 bits per heavy atom. The lowest BCUT2D eigenvalue weighted by molar-refractivity contribution is -0.175. The fraction of sp³-hybridized carbons (Fsp3) is 0.300. The van der Waals surface area contributed by atoms with Crippen molar-refractivity contribution in [1.82, 2.24) is 5.32 Å². The number of benzene rings is 2. The lowest BCUT2D eigenvalue weighted by atomic mass is 10.0. The Morgan fingerprint density at radius 1 is 1.19 bits per heavy atom. The van der Waals surface area contributed by atoms with Crippen molar-refractivity contribution in [2.45, 2.75) is 24.7 Å². The van der Waals surface area contributed by atoms with Crippen LogP contribution >= 0.6 is 0 Å². The average molecular weight is 368 g/mol. The van der Waals surface area contributed by atoms with E-state index in [9.17, 15) is 14.7 Å². The molecule has 2 aromatic carbocycles. The number of anilines is 1. The molecule has 7 nitrogen and oxygen atoms in total. The van der Waals surface area contributed by atoms with E-state index in [1.54, 1.807) is 24.3 Å². The van der Waals surface area contributed by atoms with Crippen LogP contribution in [0.5, 0.6) is 5.75 Å². The maximum absolute atomic E-state index is 12.6. The zero-order chi connectivity index (χ0) is 18.9. The van der Waals surface area contributed by atoms with E-state index in [0.29, 0.717) is 18.7 Å². The van der Waals surface area contributed by atoms with Gasteiger partial charge in [-0.15, -0.1) is 0 Å². The normalized spacial score (nSPS) is 24.1. The molecular weight excluding hydrogens is 348 g/mol. The van der Waals surface area contributed by atoms with Gasteiger partial charge in [0.15, 0.2) is 0 Å². The lowest BCUT2D eigenvalue weighted by Gasteiger charge is -2.27. The first-order valence-electron chi connectivity index (χ1n) is 8.85. The molecule has 2 atom stereocenters. The van der Waals surface area contributed by atoms with Crippen LogP contribution in [0.3, 0.4) is 0 Å². The van der Waals surface area contributed by atoms with Crippen LogP contribution < -0.4 is 15.0 Å². The molecule has 0 aromatic heterocycles.